The molecule has 3 heteroatoms. The summed E-state index contributed by atoms with van der Waals surface area (Å²) in [4.78, 5) is 11.9. The number of carbonyl (C=O) groups excluding carboxylic acids is 1. The van der Waals surface area contributed by atoms with Gasteiger partial charge in [0.15, 0.2) is 5.78 Å². The average molecular weight is 242 g/mol. The van der Waals surface area contributed by atoms with Crippen LogP contribution in [0.4, 0.5) is 0 Å². The van der Waals surface area contributed by atoms with Crippen LogP contribution in [-0.2, 0) is 4.79 Å². The van der Waals surface area contributed by atoms with Gasteiger partial charge in [0.25, 0.3) is 0 Å². The molecule has 0 bridgehead atoms. The smallest absolute Gasteiger partial charge is 0.152 e. The van der Waals surface area contributed by atoms with Crippen molar-refractivity contribution >= 4 is 5.78 Å². The van der Waals surface area contributed by atoms with E-state index in [0.29, 0.717) is 6.54 Å². The van der Waals surface area contributed by atoms with Crippen LogP contribution >= 0.6 is 0 Å². The van der Waals surface area contributed by atoms with Gasteiger partial charge in [-0.25, -0.2) is 0 Å². The summed E-state index contributed by atoms with van der Waals surface area (Å²) in [6.07, 6.45) is 8.59. The SMILES string of the molecule is CCCCCCC(C)C(=O)[C@H](N)CCCCN. The molecule has 17 heavy (non-hydrogen) atoms. The van der Waals surface area contributed by atoms with Crippen molar-refractivity contribution in [3.63, 3.8) is 0 Å². The van der Waals surface area contributed by atoms with Crippen LogP contribution in [0.2, 0.25) is 0 Å². The summed E-state index contributed by atoms with van der Waals surface area (Å²) in [5.74, 6) is 0.359. The van der Waals surface area contributed by atoms with Crippen molar-refractivity contribution in [1.29, 1.82) is 0 Å². The molecule has 0 amide bonds. The average Bonchev–Trinajstić information content (AvgIpc) is 2.33. The molecule has 0 saturated carbocycles. The second-order valence-corrected chi connectivity index (χ2v) is 5.04. The summed E-state index contributed by atoms with van der Waals surface area (Å²) in [5.41, 5.74) is 11.3. The lowest BCUT2D eigenvalue weighted by atomic mass is 9.92. The van der Waals surface area contributed by atoms with Gasteiger partial charge in [0.05, 0.1) is 6.04 Å². The molecule has 0 fully saturated rings. The fraction of sp³-hybridized carbons (Fsp3) is 0.929. The molecule has 4 N–H and O–H groups in total. The van der Waals surface area contributed by atoms with E-state index in [1.807, 2.05) is 6.92 Å². The highest BCUT2D eigenvalue weighted by molar-refractivity contribution is 5.85. The minimum atomic E-state index is -0.275. The molecule has 0 aromatic carbocycles. The summed E-state index contributed by atoms with van der Waals surface area (Å²) < 4.78 is 0. The van der Waals surface area contributed by atoms with E-state index in [1.54, 1.807) is 0 Å². The molecule has 0 heterocycles. The third-order valence-electron chi connectivity index (χ3n) is 3.31. The minimum absolute atomic E-state index is 0.125. The van der Waals surface area contributed by atoms with Gasteiger partial charge < -0.3 is 11.5 Å². The summed E-state index contributed by atoms with van der Waals surface area (Å²) in [7, 11) is 0. The van der Waals surface area contributed by atoms with Crippen molar-refractivity contribution in [3.05, 3.63) is 0 Å². The van der Waals surface area contributed by atoms with Crippen LogP contribution in [-0.4, -0.2) is 18.4 Å². The Balaban J connectivity index is 3.70. The van der Waals surface area contributed by atoms with Crippen LogP contribution in [0, 0.1) is 5.92 Å². The fourth-order valence-electron chi connectivity index (χ4n) is 2.04. The lowest BCUT2D eigenvalue weighted by Crippen LogP contribution is -2.34. The molecule has 0 rings (SSSR count). The van der Waals surface area contributed by atoms with Gasteiger partial charge in [-0.3, -0.25) is 4.79 Å². The number of Topliss-reactive ketones (excluding diaryl/α,β-unsaturated/α-hetero) is 1. The first kappa shape index (κ1) is 16.6. The number of carbonyl (C=O) groups is 1. The van der Waals surface area contributed by atoms with E-state index in [2.05, 4.69) is 6.92 Å². The molecule has 0 aromatic rings. The van der Waals surface area contributed by atoms with Crippen LogP contribution in [0.5, 0.6) is 0 Å². The van der Waals surface area contributed by atoms with E-state index in [-0.39, 0.29) is 17.7 Å². The Bertz CT molecular complexity index is 195. The zero-order valence-electron chi connectivity index (χ0n) is 11.6. The predicted molar refractivity (Wildman–Crippen MR) is 73.8 cm³/mol. The van der Waals surface area contributed by atoms with Gasteiger partial charge in [-0.1, -0.05) is 46.0 Å². The molecule has 3 nitrogen and oxygen atoms in total. The first-order valence-corrected chi connectivity index (χ1v) is 7.12. The van der Waals surface area contributed by atoms with Gasteiger partial charge in [-0.05, 0) is 25.8 Å². The van der Waals surface area contributed by atoms with Gasteiger partial charge in [-0.2, -0.15) is 0 Å². The van der Waals surface area contributed by atoms with Crippen molar-refractivity contribution < 1.29 is 4.79 Å². The first-order chi connectivity index (χ1) is 8.13. The normalized spacial score (nSPS) is 14.6. The second-order valence-electron chi connectivity index (χ2n) is 5.04. The third kappa shape index (κ3) is 8.33. The van der Waals surface area contributed by atoms with Crippen molar-refractivity contribution in [2.75, 3.05) is 6.54 Å². The van der Waals surface area contributed by atoms with E-state index in [4.69, 9.17) is 11.5 Å². The quantitative estimate of drug-likeness (QED) is 0.547. The van der Waals surface area contributed by atoms with E-state index in [0.717, 1.165) is 32.1 Å². The number of unbranched alkanes of at least 4 members (excludes halogenated alkanes) is 4. The van der Waals surface area contributed by atoms with Gasteiger partial charge >= 0.3 is 0 Å². The maximum Gasteiger partial charge on any atom is 0.152 e. The number of hydrogen-bond donors (Lipinski definition) is 2. The number of hydrogen-bond acceptors (Lipinski definition) is 3. The highest BCUT2D eigenvalue weighted by Gasteiger charge is 2.19. The van der Waals surface area contributed by atoms with E-state index >= 15 is 0 Å². The third-order valence-corrected chi connectivity index (χ3v) is 3.31. The second kappa shape index (κ2) is 10.7. The Labute approximate surface area is 106 Å². The van der Waals surface area contributed by atoms with E-state index in [9.17, 15) is 4.79 Å². The predicted octanol–water partition coefficient (Wildman–Crippen LogP) is 2.62. The lowest BCUT2D eigenvalue weighted by Gasteiger charge is -2.16. The topological polar surface area (TPSA) is 69.1 Å². The molecule has 0 saturated heterocycles. The van der Waals surface area contributed by atoms with E-state index in [1.165, 1.54) is 19.3 Å². The summed E-state index contributed by atoms with van der Waals surface area (Å²) in [5, 5.41) is 0. The van der Waals surface area contributed by atoms with Crippen molar-refractivity contribution in [2.24, 2.45) is 17.4 Å². The Morgan fingerprint density at radius 3 is 2.29 bits per heavy atom. The number of rotatable bonds is 11. The maximum absolute atomic E-state index is 11.9. The number of nitrogens with two attached hydrogens (primary N) is 2. The van der Waals surface area contributed by atoms with Crippen molar-refractivity contribution in [1.82, 2.24) is 0 Å². The van der Waals surface area contributed by atoms with E-state index < -0.39 is 0 Å². The largest absolute Gasteiger partial charge is 0.330 e. The Hall–Kier alpha value is -0.410. The molecule has 0 aliphatic rings. The Morgan fingerprint density at radius 1 is 1.06 bits per heavy atom. The van der Waals surface area contributed by atoms with Crippen LogP contribution in [0.15, 0.2) is 0 Å². The zero-order chi connectivity index (χ0) is 13.1. The van der Waals surface area contributed by atoms with Crippen LogP contribution in [0.1, 0.15) is 65.2 Å². The molecule has 2 atom stereocenters. The molecule has 0 radical (unpaired) electrons. The molecule has 102 valence electrons. The highest BCUT2D eigenvalue weighted by Crippen LogP contribution is 2.14. The molecule has 0 aromatic heterocycles. The van der Waals surface area contributed by atoms with Crippen molar-refractivity contribution in [3.8, 4) is 0 Å². The fourth-order valence-corrected chi connectivity index (χ4v) is 2.04. The molecular weight excluding hydrogens is 212 g/mol. The maximum atomic E-state index is 11.9. The minimum Gasteiger partial charge on any atom is -0.330 e. The van der Waals surface area contributed by atoms with Gasteiger partial charge in [0.1, 0.15) is 0 Å². The molecule has 0 spiro atoms. The molecule has 0 aliphatic heterocycles. The molecular formula is C14H30N2O. The Morgan fingerprint density at radius 2 is 1.71 bits per heavy atom. The summed E-state index contributed by atoms with van der Waals surface area (Å²) >= 11 is 0. The summed E-state index contributed by atoms with van der Waals surface area (Å²) in [6.45, 7) is 4.90. The highest BCUT2D eigenvalue weighted by atomic mass is 16.1. The first-order valence-electron chi connectivity index (χ1n) is 7.12. The standard InChI is InChI=1S/C14H30N2O/c1-3-4-5-6-9-12(2)14(17)13(16)10-7-8-11-15/h12-13H,3-11,15-16H2,1-2H3/t12?,13-/m1/s1. The lowest BCUT2D eigenvalue weighted by molar-refractivity contribution is -0.124. The van der Waals surface area contributed by atoms with Crippen molar-refractivity contribution in [2.45, 2.75) is 71.3 Å². The van der Waals surface area contributed by atoms with Gasteiger partial charge in [-0.15, -0.1) is 0 Å². The van der Waals surface area contributed by atoms with Crippen LogP contribution < -0.4 is 11.5 Å². The van der Waals surface area contributed by atoms with Crippen LogP contribution in [0.3, 0.4) is 0 Å². The zero-order valence-corrected chi connectivity index (χ0v) is 11.6. The Kier molecular flexibility index (Phi) is 10.5. The molecule has 0 aliphatic carbocycles. The van der Waals surface area contributed by atoms with Gasteiger partial charge in [0.2, 0.25) is 0 Å². The summed E-state index contributed by atoms with van der Waals surface area (Å²) in [6, 6.07) is -0.275. The number of ketones is 1. The monoisotopic (exact) mass is 242 g/mol. The van der Waals surface area contributed by atoms with Crippen LogP contribution in [0.25, 0.3) is 0 Å². The van der Waals surface area contributed by atoms with Gasteiger partial charge in [0, 0.05) is 5.92 Å². The molecule has 1 unspecified atom stereocenters.